The first-order valence-electron chi connectivity index (χ1n) is 5.99. The number of amides is 2. The average molecular weight is 230 g/mol. The molecule has 0 heterocycles. The highest BCUT2D eigenvalue weighted by atomic mass is 16.5. The molecule has 16 heavy (non-hydrogen) atoms. The van der Waals surface area contributed by atoms with Gasteiger partial charge in [0.2, 0.25) is 0 Å². The minimum Gasteiger partial charge on any atom is -0.394 e. The van der Waals surface area contributed by atoms with Gasteiger partial charge >= 0.3 is 6.03 Å². The molecule has 0 aromatic rings. The predicted molar refractivity (Wildman–Crippen MR) is 61.2 cm³/mol. The monoisotopic (exact) mass is 230 g/mol. The second-order valence-electron chi connectivity index (χ2n) is 4.21. The van der Waals surface area contributed by atoms with Crippen LogP contribution < -0.4 is 10.6 Å². The Morgan fingerprint density at radius 2 is 2.31 bits per heavy atom. The molecule has 5 nitrogen and oxygen atoms in total. The van der Waals surface area contributed by atoms with Gasteiger partial charge in [-0.25, -0.2) is 4.79 Å². The molecule has 5 heteroatoms. The van der Waals surface area contributed by atoms with Gasteiger partial charge in [0.1, 0.15) is 0 Å². The zero-order chi connectivity index (χ0) is 11.8. The number of hydrogen-bond donors (Lipinski definition) is 3. The number of carbonyl (C=O) groups excluding carboxylic acids is 1. The lowest BCUT2D eigenvalue weighted by Crippen LogP contribution is -2.44. The van der Waals surface area contributed by atoms with Crippen molar-refractivity contribution in [1.82, 2.24) is 10.6 Å². The van der Waals surface area contributed by atoms with Crippen LogP contribution in [0.25, 0.3) is 0 Å². The number of hydrogen-bond acceptors (Lipinski definition) is 3. The van der Waals surface area contributed by atoms with E-state index in [9.17, 15) is 4.79 Å². The summed E-state index contributed by atoms with van der Waals surface area (Å²) in [6.07, 6.45) is 3.29. The summed E-state index contributed by atoms with van der Waals surface area (Å²) in [7, 11) is 0. The topological polar surface area (TPSA) is 70.6 Å². The molecule has 0 spiro atoms. The summed E-state index contributed by atoms with van der Waals surface area (Å²) in [6, 6.07) is -0.400. The van der Waals surface area contributed by atoms with Crippen LogP contribution in [-0.4, -0.2) is 43.5 Å². The first-order valence-corrected chi connectivity index (χ1v) is 5.99. The summed E-state index contributed by atoms with van der Waals surface area (Å²) in [5.41, 5.74) is 0. The third-order valence-corrected chi connectivity index (χ3v) is 2.63. The largest absolute Gasteiger partial charge is 0.394 e. The number of urea groups is 1. The summed E-state index contributed by atoms with van der Waals surface area (Å²) >= 11 is 0. The number of rotatable bonds is 8. The maximum atomic E-state index is 11.3. The van der Waals surface area contributed by atoms with Crippen LogP contribution in [0.1, 0.15) is 26.2 Å². The Balaban J connectivity index is 1.91. The molecule has 0 saturated heterocycles. The fraction of sp³-hybridized carbons (Fsp3) is 0.909. The Kier molecular flexibility index (Phi) is 6.18. The van der Waals surface area contributed by atoms with E-state index in [4.69, 9.17) is 9.84 Å². The second kappa shape index (κ2) is 7.46. The van der Waals surface area contributed by atoms with Crippen LogP contribution >= 0.6 is 0 Å². The third kappa shape index (κ3) is 5.92. The molecule has 1 aliphatic carbocycles. The van der Waals surface area contributed by atoms with Crippen LogP contribution in [0.4, 0.5) is 4.79 Å². The highest BCUT2D eigenvalue weighted by molar-refractivity contribution is 5.74. The minimum atomic E-state index is -0.240. The van der Waals surface area contributed by atoms with E-state index in [1.807, 2.05) is 6.92 Å². The van der Waals surface area contributed by atoms with Gasteiger partial charge in [-0.3, -0.25) is 0 Å². The van der Waals surface area contributed by atoms with Gasteiger partial charge in [-0.05, 0) is 25.2 Å². The lowest BCUT2D eigenvalue weighted by atomic mass is 10.2. The molecule has 0 radical (unpaired) electrons. The van der Waals surface area contributed by atoms with Crippen molar-refractivity contribution in [2.24, 2.45) is 5.92 Å². The van der Waals surface area contributed by atoms with Crippen molar-refractivity contribution < 1.29 is 14.6 Å². The molecule has 94 valence electrons. The van der Waals surface area contributed by atoms with Crippen LogP contribution in [0.15, 0.2) is 0 Å². The molecule has 0 bridgehead atoms. The second-order valence-corrected chi connectivity index (χ2v) is 4.21. The number of ether oxygens (including phenoxy) is 1. The highest BCUT2D eigenvalue weighted by Gasteiger charge is 2.20. The van der Waals surface area contributed by atoms with Crippen molar-refractivity contribution in [1.29, 1.82) is 0 Å². The summed E-state index contributed by atoms with van der Waals surface area (Å²) in [5.74, 6) is 0.757. The van der Waals surface area contributed by atoms with Gasteiger partial charge in [0.25, 0.3) is 0 Å². The number of aliphatic hydroxyl groups excluding tert-OH is 1. The quantitative estimate of drug-likeness (QED) is 0.531. The fourth-order valence-corrected chi connectivity index (χ4v) is 1.28. The average Bonchev–Trinajstić information content (AvgIpc) is 3.09. The molecule has 1 fully saturated rings. The van der Waals surface area contributed by atoms with Gasteiger partial charge in [-0.1, -0.05) is 6.92 Å². The molecule has 0 aliphatic heterocycles. The predicted octanol–water partition coefficient (Wildman–Crippen LogP) is 0.483. The maximum Gasteiger partial charge on any atom is 0.315 e. The Hall–Kier alpha value is -0.810. The summed E-state index contributed by atoms with van der Waals surface area (Å²) in [6.45, 7) is 3.78. The van der Waals surface area contributed by atoms with Gasteiger partial charge in [-0.15, -0.1) is 0 Å². The summed E-state index contributed by atoms with van der Waals surface area (Å²) < 4.78 is 5.37. The Morgan fingerprint density at radius 3 is 2.88 bits per heavy atom. The Labute approximate surface area is 96.6 Å². The van der Waals surface area contributed by atoms with Crippen molar-refractivity contribution in [3.8, 4) is 0 Å². The summed E-state index contributed by atoms with van der Waals surface area (Å²) in [5, 5.41) is 14.2. The summed E-state index contributed by atoms with van der Waals surface area (Å²) in [4.78, 5) is 11.3. The van der Waals surface area contributed by atoms with Gasteiger partial charge < -0.3 is 20.5 Å². The lowest BCUT2D eigenvalue weighted by molar-refractivity contribution is 0.126. The standard InChI is InChI=1S/C11H22N2O3/c1-2-10(7-14)13-11(15)12-5-6-16-8-9-3-4-9/h9-10,14H,2-8H2,1H3,(H2,12,13,15). The van der Waals surface area contributed by atoms with E-state index >= 15 is 0 Å². The number of nitrogens with one attached hydrogen (secondary N) is 2. The molecule has 2 amide bonds. The molecule has 1 saturated carbocycles. The minimum absolute atomic E-state index is 0.0257. The van der Waals surface area contributed by atoms with Crippen LogP contribution in [0.2, 0.25) is 0 Å². The Bertz CT molecular complexity index is 203. The van der Waals surface area contributed by atoms with E-state index in [-0.39, 0.29) is 18.7 Å². The zero-order valence-corrected chi connectivity index (χ0v) is 9.87. The van der Waals surface area contributed by atoms with Gasteiger partial charge in [-0.2, -0.15) is 0 Å². The van der Waals surface area contributed by atoms with E-state index in [1.54, 1.807) is 0 Å². The van der Waals surface area contributed by atoms with E-state index in [2.05, 4.69) is 10.6 Å². The van der Waals surface area contributed by atoms with Crippen LogP contribution in [-0.2, 0) is 4.74 Å². The van der Waals surface area contributed by atoms with Gasteiger partial charge in [0, 0.05) is 13.2 Å². The Morgan fingerprint density at radius 1 is 1.56 bits per heavy atom. The van der Waals surface area contributed by atoms with E-state index in [0.29, 0.717) is 13.2 Å². The molecular formula is C11H22N2O3. The van der Waals surface area contributed by atoms with Crippen molar-refractivity contribution in [2.45, 2.75) is 32.2 Å². The van der Waals surface area contributed by atoms with Crippen molar-refractivity contribution >= 4 is 6.03 Å². The SMILES string of the molecule is CCC(CO)NC(=O)NCCOCC1CC1. The van der Waals surface area contributed by atoms with Crippen molar-refractivity contribution in [3.63, 3.8) is 0 Å². The van der Waals surface area contributed by atoms with Gasteiger partial charge in [0.05, 0.1) is 19.3 Å². The molecule has 1 aliphatic rings. The fourth-order valence-electron chi connectivity index (χ4n) is 1.28. The molecular weight excluding hydrogens is 208 g/mol. The van der Waals surface area contributed by atoms with Crippen LogP contribution in [0.3, 0.4) is 0 Å². The first kappa shape index (κ1) is 13.3. The van der Waals surface area contributed by atoms with E-state index in [1.165, 1.54) is 12.8 Å². The lowest BCUT2D eigenvalue weighted by Gasteiger charge is -2.14. The number of aliphatic hydroxyl groups is 1. The smallest absolute Gasteiger partial charge is 0.315 e. The highest BCUT2D eigenvalue weighted by Crippen LogP contribution is 2.28. The van der Waals surface area contributed by atoms with Crippen molar-refractivity contribution in [2.75, 3.05) is 26.4 Å². The molecule has 1 rings (SSSR count). The molecule has 0 aromatic carbocycles. The molecule has 3 N–H and O–H groups in total. The van der Waals surface area contributed by atoms with Gasteiger partial charge in [0.15, 0.2) is 0 Å². The zero-order valence-electron chi connectivity index (χ0n) is 9.87. The molecule has 0 aromatic heterocycles. The molecule has 1 unspecified atom stereocenters. The van der Waals surface area contributed by atoms with E-state index < -0.39 is 0 Å². The normalized spacial score (nSPS) is 16.9. The maximum absolute atomic E-state index is 11.3. The van der Waals surface area contributed by atoms with E-state index in [0.717, 1.165) is 18.9 Å². The van der Waals surface area contributed by atoms with Crippen molar-refractivity contribution in [3.05, 3.63) is 0 Å². The van der Waals surface area contributed by atoms with Crippen LogP contribution in [0.5, 0.6) is 0 Å². The molecule has 1 atom stereocenters. The first-order chi connectivity index (χ1) is 7.76. The third-order valence-electron chi connectivity index (χ3n) is 2.63. The van der Waals surface area contributed by atoms with Crippen LogP contribution in [0, 0.1) is 5.92 Å². The number of carbonyl (C=O) groups is 1.